The smallest absolute Gasteiger partial charge is 0.334 e. The number of benzene rings is 2. The van der Waals surface area contributed by atoms with Gasteiger partial charge in [0, 0.05) is 0 Å². The summed E-state index contributed by atoms with van der Waals surface area (Å²) >= 11 is 0. The van der Waals surface area contributed by atoms with Gasteiger partial charge in [-0.25, -0.2) is 9.69 Å². The third-order valence-corrected chi connectivity index (χ3v) is 4.99. The number of aliphatic hydroxyl groups is 1. The SMILES string of the molecule is COC(=O)C1(c2ccccc2)C(N2C(=O)c3ccccc3C2=O)N1CO. The van der Waals surface area contributed by atoms with Crippen LogP contribution >= 0.6 is 0 Å². The topological polar surface area (TPSA) is 86.9 Å². The number of carbonyl (C=O) groups is 3. The van der Waals surface area contributed by atoms with Crippen molar-refractivity contribution in [2.75, 3.05) is 13.8 Å². The fourth-order valence-corrected chi connectivity index (χ4v) is 3.78. The normalized spacial score (nSPS) is 26.6. The number of carbonyl (C=O) groups excluding carboxylic acids is 3. The second kappa shape index (κ2) is 5.76. The van der Waals surface area contributed by atoms with Gasteiger partial charge in [-0.1, -0.05) is 42.5 Å². The van der Waals surface area contributed by atoms with Crippen LogP contribution in [0.3, 0.4) is 0 Å². The molecule has 7 heteroatoms. The number of methoxy groups -OCH3 is 1. The van der Waals surface area contributed by atoms with E-state index >= 15 is 0 Å². The lowest BCUT2D eigenvalue weighted by atomic mass is 9.97. The first-order valence-electron chi connectivity index (χ1n) is 8.07. The Bertz CT molecular complexity index is 878. The highest BCUT2D eigenvalue weighted by molar-refractivity contribution is 6.22. The minimum atomic E-state index is -1.42. The van der Waals surface area contributed by atoms with Crippen molar-refractivity contribution in [3.63, 3.8) is 0 Å². The van der Waals surface area contributed by atoms with Gasteiger partial charge < -0.3 is 9.84 Å². The van der Waals surface area contributed by atoms with Crippen LogP contribution in [-0.2, 0) is 15.1 Å². The van der Waals surface area contributed by atoms with Gasteiger partial charge in [0.15, 0.2) is 5.54 Å². The molecule has 2 heterocycles. The lowest BCUT2D eigenvalue weighted by molar-refractivity contribution is -0.146. The van der Waals surface area contributed by atoms with Gasteiger partial charge in [0.25, 0.3) is 11.8 Å². The molecule has 0 radical (unpaired) electrons. The van der Waals surface area contributed by atoms with Gasteiger partial charge in [-0.2, -0.15) is 0 Å². The maximum atomic E-state index is 12.8. The zero-order valence-corrected chi connectivity index (χ0v) is 14.0. The number of esters is 1. The van der Waals surface area contributed by atoms with Crippen LogP contribution < -0.4 is 0 Å². The second-order valence-electron chi connectivity index (χ2n) is 6.13. The van der Waals surface area contributed by atoms with Crippen LogP contribution in [0.15, 0.2) is 54.6 Å². The van der Waals surface area contributed by atoms with Crippen LogP contribution in [0.2, 0.25) is 0 Å². The Morgan fingerprint density at radius 1 is 1.04 bits per heavy atom. The Labute approximate surface area is 149 Å². The van der Waals surface area contributed by atoms with Crippen molar-refractivity contribution in [1.82, 2.24) is 9.80 Å². The van der Waals surface area contributed by atoms with Crippen LogP contribution in [0.5, 0.6) is 0 Å². The highest BCUT2D eigenvalue weighted by atomic mass is 16.5. The molecule has 1 N–H and O–H groups in total. The van der Waals surface area contributed by atoms with Crippen LogP contribution in [0, 0.1) is 0 Å². The Morgan fingerprint density at radius 2 is 1.58 bits per heavy atom. The highest BCUT2D eigenvalue weighted by Crippen LogP contribution is 2.53. The molecule has 0 saturated carbocycles. The molecule has 7 nitrogen and oxygen atoms in total. The van der Waals surface area contributed by atoms with E-state index in [4.69, 9.17) is 4.74 Å². The van der Waals surface area contributed by atoms with Gasteiger partial charge in [0.05, 0.1) is 25.0 Å². The molecular formula is C19H16N2O5. The first-order chi connectivity index (χ1) is 12.6. The third kappa shape index (κ3) is 1.92. The molecule has 2 aromatic rings. The molecule has 3 atom stereocenters. The maximum Gasteiger partial charge on any atom is 0.334 e. The molecule has 3 unspecified atom stereocenters. The molecule has 2 aliphatic heterocycles. The Balaban J connectivity index is 1.83. The van der Waals surface area contributed by atoms with E-state index in [9.17, 15) is 19.5 Å². The molecule has 1 fully saturated rings. The van der Waals surface area contributed by atoms with E-state index in [1.165, 1.54) is 12.0 Å². The predicted molar refractivity (Wildman–Crippen MR) is 89.8 cm³/mol. The fourth-order valence-electron chi connectivity index (χ4n) is 3.78. The van der Waals surface area contributed by atoms with Crippen molar-refractivity contribution in [1.29, 1.82) is 0 Å². The Hall–Kier alpha value is -3.03. The van der Waals surface area contributed by atoms with Gasteiger partial charge in [0.1, 0.15) is 6.17 Å². The average Bonchev–Trinajstić information content (AvgIpc) is 3.30. The van der Waals surface area contributed by atoms with E-state index in [-0.39, 0.29) is 11.1 Å². The van der Waals surface area contributed by atoms with Crippen molar-refractivity contribution >= 4 is 17.8 Å². The molecule has 26 heavy (non-hydrogen) atoms. The average molecular weight is 352 g/mol. The Kier molecular flexibility index (Phi) is 3.64. The summed E-state index contributed by atoms with van der Waals surface area (Å²) in [5.74, 6) is -1.62. The van der Waals surface area contributed by atoms with E-state index in [1.54, 1.807) is 54.6 Å². The number of hydrogen-bond acceptors (Lipinski definition) is 6. The monoisotopic (exact) mass is 352 g/mol. The van der Waals surface area contributed by atoms with Crippen LogP contribution in [0.25, 0.3) is 0 Å². The molecule has 0 aromatic heterocycles. The number of fused-ring (bicyclic) bond motifs is 1. The molecule has 2 amide bonds. The summed E-state index contributed by atoms with van der Waals surface area (Å²) in [6.45, 7) is -0.512. The van der Waals surface area contributed by atoms with Gasteiger partial charge in [0.2, 0.25) is 0 Å². The van der Waals surface area contributed by atoms with Gasteiger partial charge in [-0.05, 0) is 17.7 Å². The number of nitrogens with zero attached hydrogens (tertiary/aromatic N) is 2. The van der Waals surface area contributed by atoms with E-state index in [0.717, 1.165) is 4.90 Å². The van der Waals surface area contributed by atoms with Crippen LogP contribution in [0.4, 0.5) is 0 Å². The predicted octanol–water partition coefficient (Wildman–Crippen LogP) is 0.943. The summed E-state index contributed by atoms with van der Waals surface area (Å²) in [7, 11) is 1.24. The molecule has 0 spiro atoms. The van der Waals surface area contributed by atoms with Crippen LogP contribution in [-0.4, -0.2) is 52.7 Å². The molecule has 4 rings (SSSR count). The van der Waals surface area contributed by atoms with Gasteiger partial charge in [-0.3, -0.25) is 14.5 Å². The number of imide groups is 1. The Morgan fingerprint density at radius 3 is 2.08 bits per heavy atom. The third-order valence-electron chi connectivity index (χ3n) is 4.99. The summed E-state index contributed by atoms with van der Waals surface area (Å²) in [6.07, 6.45) is -0.949. The lowest BCUT2D eigenvalue weighted by Crippen LogP contribution is -2.39. The van der Waals surface area contributed by atoms with Gasteiger partial charge in [-0.15, -0.1) is 0 Å². The van der Waals surface area contributed by atoms with Crippen molar-refractivity contribution in [3.05, 3.63) is 71.3 Å². The molecule has 0 aliphatic carbocycles. The van der Waals surface area contributed by atoms with Crippen molar-refractivity contribution < 1.29 is 24.2 Å². The highest BCUT2D eigenvalue weighted by Gasteiger charge is 2.74. The molecule has 132 valence electrons. The van der Waals surface area contributed by atoms with E-state index in [2.05, 4.69) is 0 Å². The van der Waals surface area contributed by atoms with Crippen molar-refractivity contribution in [2.45, 2.75) is 11.7 Å². The number of amides is 2. The second-order valence-corrected chi connectivity index (χ2v) is 6.13. The summed E-state index contributed by atoms with van der Waals surface area (Å²) in [4.78, 5) is 40.7. The molecule has 2 aliphatic rings. The van der Waals surface area contributed by atoms with Crippen LogP contribution in [0.1, 0.15) is 26.3 Å². The summed E-state index contributed by atoms with van der Waals surface area (Å²) in [5.41, 5.74) is -0.302. The zero-order chi connectivity index (χ0) is 18.5. The maximum absolute atomic E-state index is 12.8. The lowest BCUT2D eigenvalue weighted by Gasteiger charge is -2.17. The molecular weight excluding hydrogens is 336 g/mol. The first-order valence-corrected chi connectivity index (χ1v) is 8.07. The van der Waals surface area contributed by atoms with E-state index in [0.29, 0.717) is 5.56 Å². The molecule has 0 bridgehead atoms. The number of rotatable bonds is 4. The number of ether oxygens (including phenoxy) is 1. The minimum absolute atomic E-state index is 0.286. The summed E-state index contributed by atoms with van der Waals surface area (Å²) in [5, 5.41) is 9.84. The molecule has 2 aromatic carbocycles. The van der Waals surface area contributed by atoms with Gasteiger partial charge >= 0.3 is 5.97 Å². The van der Waals surface area contributed by atoms with Crippen molar-refractivity contribution in [3.8, 4) is 0 Å². The molecule has 1 saturated heterocycles. The quantitative estimate of drug-likeness (QED) is 0.501. The number of aliphatic hydroxyl groups excluding tert-OH is 1. The van der Waals surface area contributed by atoms with E-state index < -0.39 is 36.2 Å². The summed E-state index contributed by atoms with van der Waals surface area (Å²) < 4.78 is 4.96. The largest absolute Gasteiger partial charge is 0.467 e. The van der Waals surface area contributed by atoms with E-state index in [1.807, 2.05) is 0 Å². The first kappa shape index (κ1) is 16.4. The number of hydrogen-bond donors (Lipinski definition) is 1. The standard InChI is InChI=1S/C19H16N2O5/c1-26-18(25)19(12-7-3-2-4-8-12)17(20(19)11-22)21-15(23)13-9-5-6-10-14(13)16(21)24/h2-10,17,22H,11H2,1H3. The minimum Gasteiger partial charge on any atom is -0.467 e. The van der Waals surface area contributed by atoms with Crippen molar-refractivity contribution in [2.24, 2.45) is 0 Å². The zero-order valence-electron chi connectivity index (χ0n) is 14.0. The summed E-state index contributed by atoms with van der Waals surface area (Å²) in [6, 6.07) is 15.2. The fraction of sp³-hybridized carbons (Fsp3) is 0.211.